The van der Waals surface area contributed by atoms with Crippen LogP contribution in [-0.4, -0.2) is 22.9 Å². The molecule has 2 aromatic rings. The average molecular weight is 244 g/mol. The predicted octanol–water partition coefficient (Wildman–Crippen LogP) is 0.984. The van der Waals surface area contributed by atoms with Crippen molar-refractivity contribution in [3.05, 3.63) is 36.2 Å². The molecule has 0 radical (unpaired) electrons. The number of rotatable bonds is 1. The number of likely N-dealkylation sites (N-methyl/N-ethyl adjacent to an activating group) is 1. The monoisotopic (exact) mass is 244 g/mol. The zero-order valence-electron chi connectivity index (χ0n) is 9.75. The quantitative estimate of drug-likeness (QED) is 0.730. The van der Waals surface area contributed by atoms with E-state index in [9.17, 15) is 4.79 Å². The van der Waals surface area contributed by atoms with E-state index in [-0.39, 0.29) is 11.9 Å². The summed E-state index contributed by atoms with van der Waals surface area (Å²) in [6.07, 6.45) is 3.21. The Balaban J connectivity index is 2.00. The summed E-state index contributed by atoms with van der Waals surface area (Å²) in [4.78, 5) is 15.7. The van der Waals surface area contributed by atoms with Crippen molar-refractivity contribution >= 4 is 22.7 Å². The molecule has 1 amide bonds. The van der Waals surface area contributed by atoms with Crippen molar-refractivity contribution in [2.45, 2.75) is 6.04 Å². The van der Waals surface area contributed by atoms with E-state index in [1.807, 2.05) is 0 Å². The number of aromatic nitrogens is 1. The number of hydrazine groups is 1. The van der Waals surface area contributed by atoms with Gasteiger partial charge in [-0.1, -0.05) is 6.08 Å². The predicted molar refractivity (Wildman–Crippen MR) is 66.2 cm³/mol. The number of fused-ring (bicyclic) bond motifs is 1. The molecule has 2 heterocycles. The lowest BCUT2D eigenvalue weighted by Crippen LogP contribution is -2.43. The van der Waals surface area contributed by atoms with E-state index in [1.54, 1.807) is 31.3 Å². The molecule has 0 spiro atoms. The first-order valence-corrected chi connectivity index (χ1v) is 5.51. The van der Waals surface area contributed by atoms with Crippen molar-refractivity contribution in [3.8, 4) is 0 Å². The van der Waals surface area contributed by atoms with Crippen LogP contribution in [-0.2, 0) is 4.79 Å². The van der Waals surface area contributed by atoms with Gasteiger partial charge in [0.2, 0.25) is 5.89 Å². The van der Waals surface area contributed by atoms with Gasteiger partial charge in [-0.3, -0.25) is 9.80 Å². The number of carbonyl (C=O) groups excluding carboxylic acids is 1. The maximum absolute atomic E-state index is 11.3. The topological polar surface area (TPSA) is 84.4 Å². The molecule has 3 N–H and O–H groups in total. The number of amides is 1. The number of hydrogen-bond donors (Lipinski definition) is 2. The van der Waals surface area contributed by atoms with Gasteiger partial charge in [-0.15, -0.1) is 0 Å². The van der Waals surface area contributed by atoms with Gasteiger partial charge in [0.25, 0.3) is 5.91 Å². The van der Waals surface area contributed by atoms with Crippen LogP contribution >= 0.6 is 0 Å². The Morgan fingerprint density at radius 2 is 2.33 bits per heavy atom. The second-order valence-corrected chi connectivity index (χ2v) is 4.14. The first-order chi connectivity index (χ1) is 8.63. The summed E-state index contributed by atoms with van der Waals surface area (Å²) < 4.78 is 5.63. The van der Waals surface area contributed by atoms with Crippen LogP contribution in [0.5, 0.6) is 0 Å². The highest BCUT2D eigenvalue weighted by molar-refractivity contribution is 5.88. The van der Waals surface area contributed by atoms with Gasteiger partial charge in [0.05, 0.1) is 0 Å². The number of nitrogens with zero attached hydrogens (tertiary/aromatic N) is 2. The maximum atomic E-state index is 11.3. The van der Waals surface area contributed by atoms with Crippen molar-refractivity contribution in [2.75, 3.05) is 12.8 Å². The number of hydrogen-bond acceptors (Lipinski definition) is 5. The first-order valence-electron chi connectivity index (χ1n) is 5.51. The summed E-state index contributed by atoms with van der Waals surface area (Å²) in [7, 11) is 1.65. The smallest absolute Gasteiger partial charge is 0.260 e. The molecule has 6 nitrogen and oxygen atoms in total. The fraction of sp³-hybridized carbons (Fsp3) is 0.167. The van der Waals surface area contributed by atoms with Gasteiger partial charge in [0.1, 0.15) is 11.6 Å². The van der Waals surface area contributed by atoms with E-state index in [2.05, 4.69) is 10.4 Å². The Morgan fingerprint density at radius 3 is 3.11 bits per heavy atom. The van der Waals surface area contributed by atoms with Crippen LogP contribution in [0, 0.1) is 0 Å². The summed E-state index contributed by atoms with van der Waals surface area (Å²) in [5.41, 5.74) is 10.7. The number of nitrogens with one attached hydrogen (secondary N) is 1. The number of benzene rings is 1. The van der Waals surface area contributed by atoms with E-state index in [4.69, 9.17) is 10.2 Å². The zero-order chi connectivity index (χ0) is 12.7. The number of anilines is 1. The molecule has 1 aromatic heterocycles. The summed E-state index contributed by atoms with van der Waals surface area (Å²) in [5.74, 6) is 0.401. The van der Waals surface area contributed by atoms with Crippen LogP contribution < -0.4 is 11.2 Å². The summed E-state index contributed by atoms with van der Waals surface area (Å²) in [6.45, 7) is 0. The minimum atomic E-state index is -0.249. The largest absolute Gasteiger partial charge is 0.439 e. The third-order valence-electron chi connectivity index (χ3n) is 2.79. The van der Waals surface area contributed by atoms with Crippen LogP contribution in [0.3, 0.4) is 0 Å². The van der Waals surface area contributed by atoms with Gasteiger partial charge in [-0.2, -0.15) is 0 Å². The molecule has 1 aliphatic heterocycles. The zero-order valence-corrected chi connectivity index (χ0v) is 9.75. The minimum absolute atomic E-state index is 0.105. The Bertz CT molecular complexity index is 647. The highest BCUT2D eigenvalue weighted by atomic mass is 16.3. The SMILES string of the molecule is CN1NC(c2nc3cc(N)ccc3o2)C=CC1=O. The van der Waals surface area contributed by atoms with Gasteiger partial charge in [-0.05, 0) is 18.2 Å². The molecule has 0 saturated heterocycles. The van der Waals surface area contributed by atoms with Gasteiger partial charge < -0.3 is 10.2 Å². The Kier molecular flexibility index (Phi) is 2.31. The Labute approximate surface area is 103 Å². The standard InChI is InChI=1S/C12H12N4O2/c1-16-11(17)5-3-8(15-16)12-14-9-6-7(13)2-4-10(9)18-12/h2-6,8,15H,13H2,1H3. The van der Waals surface area contributed by atoms with Crippen LogP contribution in [0.15, 0.2) is 34.8 Å². The average Bonchev–Trinajstić information content (AvgIpc) is 2.75. The lowest BCUT2D eigenvalue weighted by atomic mass is 10.2. The van der Waals surface area contributed by atoms with E-state index in [0.717, 1.165) is 0 Å². The maximum Gasteiger partial charge on any atom is 0.260 e. The number of carbonyl (C=O) groups is 1. The highest BCUT2D eigenvalue weighted by Gasteiger charge is 2.22. The fourth-order valence-electron chi connectivity index (χ4n) is 1.84. The first kappa shape index (κ1) is 10.8. The summed E-state index contributed by atoms with van der Waals surface area (Å²) >= 11 is 0. The third-order valence-corrected chi connectivity index (χ3v) is 2.79. The molecule has 1 aliphatic rings. The molecule has 1 atom stereocenters. The number of nitrogen functional groups attached to an aromatic ring is 1. The summed E-state index contributed by atoms with van der Waals surface area (Å²) in [5, 5.41) is 1.40. The van der Waals surface area contributed by atoms with Crippen molar-refractivity contribution in [3.63, 3.8) is 0 Å². The molecule has 92 valence electrons. The molecular formula is C12H12N4O2. The lowest BCUT2D eigenvalue weighted by molar-refractivity contribution is -0.128. The van der Waals surface area contributed by atoms with Crippen molar-refractivity contribution in [1.29, 1.82) is 0 Å². The van der Waals surface area contributed by atoms with Crippen molar-refractivity contribution in [1.82, 2.24) is 15.4 Å². The molecule has 3 rings (SSSR count). The van der Waals surface area contributed by atoms with Crippen LogP contribution in [0.1, 0.15) is 11.9 Å². The van der Waals surface area contributed by atoms with Gasteiger partial charge >= 0.3 is 0 Å². The minimum Gasteiger partial charge on any atom is -0.439 e. The molecule has 0 saturated carbocycles. The van der Waals surface area contributed by atoms with Crippen LogP contribution in [0.25, 0.3) is 11.1 Å². The third kappa shape index (κ3) is 1.72. The molecule has 0 fully saturated rings. The second-order valence-electron chi connectivity index (χ2n) is 4.14. The lowest BCUT2D eigenvalue weighted by Gasteiger charge is -2.24. The Hall–Kier alpha value is -2.34. The Morgan fingerprint density at radius 1 is 1.50 bits per heavy atom. The number of nitrogens with two attached hydrogens (primary N) is 1. The van der Waals surface area contributed by atoms with E-state index < -0.39 is 0 Å². The van der Waals surface area contributed by atoms with Crippen molar-refractivity contribution in [2.24, 2.45) is 0 Å². The second kappa shape index (κ2) is 3.85. The van der Waals surface area contributed by atoms with E-state index >= 15 is 0 Å². The number of oxazole rings is 1. The van der Waals surface area contributed by atoms with Crippen LogP contribution in [0.4, 0.5) is 5.69 Å². The van der Waals surface area contributed by atoms with Gasteiger partial charge in [0, 0.05) is 18.8 Å². The van der Waals surface area contributed by atoms with Crippen LogP contribution in [0.2, 0.25) is 0 Å². The molecule has 6 heteroatoms. The van der Waals surface area contributed by atoms with Gasteiger partial charge in [-0.25, -0.2) is 10.4 Å². The van der Waals surface area contributed by atoms with E-state index in [0.29, 0.717) is 22.7 Å². The molecule has 0 bridgehead atoms. The molecule has 1 unspecified atom stereocenters. The molecule has 1 aromatic carbocycles. The summed E-state index contributed by atoms with van der Waals surface area (Å²) in [6, 6.07) is 5.05. The normalized spacial score (nSPS) is 19.7. The molecular weight excluding hydrogens is 232 g/mol. The fourth-order valence-corrected chi connectivity index (χ4v) is 1.84. The highest BCUT2D eigenvalue weighted by Crippen LogP contribution is 2.24. The van der Waals surface area contributed by atoms with Gasteiger partial charge in [0.15, 0.2) is 5.58 Å². The van der Waals surface area contributed by atoms with Crippen molar-refractivity contribution < 1.29 is 9.21 Å². The van der Waals surface area contributed by atoms with E-state index in [1.165, 1.54) is 11.1 Å². The molecule has 0 aliphatic carbocycles. The molecule has 18 heavy (non-hydrogen) atoms.